The Kier molecular flexibility index (Phi) is 18.5. The molecule has 0 fully saturated rings. The fraction of sp³-hybridized carbons (Fsp3) is 0.462. The number of esters is 4. The molecule has 0 aliphatic heterocycles. The number of ether oxygens (including phenoxy) is 4. The molecule has 4 aliphatic rings. The standard InChI is InChI=1S/2C26H29N3O4.2ClH/c1-15(2)26(31)32-21-12-11-18-14-20-16(3)9-10-17-6-4-7-19(23(17)20)24(18)25(21)33-22(30)8-5-13-28-29-27;1-15(2)26(31)33-25-21(32-22(30)8-5-13-28-29-27)12-11-18-14-20-16(3)9-10-17-6-4-7-19(23(17)20)24(18)25;;/h2*4,6-7,11-12,15-16,20H,5,8-10,13-14H2,1-3H3;2*1H/t2*16?,20-;;/m00../s1. The lowest BCUT2D eigenvalue weighted by molar-refractivity contribution is -0.139. The van der Waals surface area contributed by atoms with Gasteiger partial charge in [0, 0.05) is 46.9 Å². The van der Waals surface area contributed by atoms with E-state index in [0.29, 0.717) is 48.0 Å². The molecule has 68 heavy (non-hydrogen) atoms. The smallest absolute Gasteiger partial charge is 0.313 e. The van der Waals surface area contributed by atoms with Crippen LogP contribution in [0.1, 0.15) is 125 Å². The van der Waals surface area contributed by atoms with Crippen LogP contribution >= 0.6 is 24.8 Å². The summed E-state index contributed by atoms with van der Waals surface area (Å²) in [4.78, 5) is 55.6. The Balaban J connectivity index is 0.000000247. The molecule has 2 unspecified atom stereocenters. The van der Waals surface area contributed by atoms with E-state index < -0.39 is 11.9 Å². The van der Waals surface area contributed by atoms with Gasteiger partial charge in [-0.05, 0) is 143 Å². The lowest BCUT2D eigenvalue weighted by Crippen LogP contribution is -2.25. The average molecular weight is 968 g/mol. The van der Waals surface area contributed by atoms with Gasteiger partial charge in [0.1, 0.15) is 0 Å². The highest BCUT2D eigenvalue weighted by Crippen LogP contribution is 2.55. The summed E-state index contributed by atoms with van der Waals surface area (Å²) in [6.07, 6.45) is 7.11. The molecule has 0 radical (unpaired) electrons. The molecule has 14 nitrogen and oxygen atoms in total. The summed E-state index contributed by atoms with van der Waals surface area (Å²) in [6, 6.07) is 20.1. The van der Waals surface area contributed by atoms with Crippen molar-refractivity contribution in [1.82, 2.24) is 0 Å². The van der Waals surface area contributed by atoms with E-state index in [2.05, 4.69) is 70.3 Å². The fourth-order valence-corrected chi connectivity index (χ4v) is 9.76. The Bertz CT molecular complexity index is 2640. The molecule has 4 aromatic carbocycles. The number of aryl methyl sites for hydroxylation is 2. The summed E-state index contributed by atoms with van der Waals surface area (Å²) in [6.45, 7) is 12.1. The molecule has 0 N–H and O–H groups in total. The van der Waals surface area contributed by atoms with Crippen molar-refractivity contribution in [1.29, 1.82) is 0 Å². The molecular weight excluding hydrogens is 908 g/mol. The predicted molar refractivity (Wildman–Crippen MR) is 265 cm³/mol. The highest BCUT2D eigenvalue weighted by Gasteiger charge is 2.38. The predicted octanol–water partition coefficient (Wildman–Crippen LogP) is 13.1. The Morgan fingerprint density at radius 2 is 1.01 bits per heavy atom. The second kappa shape index (κ2) is 23.8. The Morgan fingerprint density at radius 3 is 1.47 bits per heavy atom. The maximum absolute atomic E-state index is 12.7. The van der Waals surface area contributed by atoms with Crippen LogP contribution in [0.5, 0.6) is 23.0 Å². The van der Waals surface area contributed by atoms with E-state index in [1.807, 2.05) is 12.1 Å². The maximum atomic E-state index is 12.7. The Hall–Kier alpha value is -6.04. The number of carbonyl (C=O) groups is 4. The van der Waals surface area contributed by atoms with Crippen LogP contribution in [0.2, 0.25) is 0 Å². The van der Waals surface area contributed by atoms with Crippen LogP contribution in [0.15, 0.2) is 70.9 Å². The van der Waals surface area contributed by atoms with Crippen LogP contribution < -0.4 is 18.9 Å². The molecule has 0 saturated heterocycles. The lowest BCUT2D eigenvalue weighted by atomic mass is 9.67. The first-order valence-corrected chi connectivity index (χ1v) is 23.2. The van der Waals surface area contributed by atoms with Gasteiger partial charge >= 0.3 is 23.9 Å². The van der Waals surface area contributed by atoms with Crippen LogP contribution in [-0.2, 0) is 44.9 Å². The Morgan fingerprint density at radius 1 is 0.588 bits per heavy atom. The van der Waals surface area contributed by atoms with E-state index in [9.17, 15) is 19.2 Å². The molecule has 0 spiro atoms. The number of hydrogen-bond acceptors (Lipinski definition) is 10. The second-order valence-electron chi connectivity index (χ2n) is 18.5. The monoisotopic (exact) mass is 966 g/mol. The van der Waals surface area contributed by atoms with Crippen LogP contribution in [0.3, 0.4) is 0 Å². The quantitative estimate of drug-likeness (QED) is 0.0296. The number of carbonyl (C=O) groups excluding carboxylic acids is 4. The number of fused-ring (bicyclic) bond motifs is 4. The second-order valence-corrected chi connectivity index (χ2v) is 18.5. The van der Waals surface area contributed by atoms with Gasteiger partial charge in [-0.2, -0.15) is 0 Å². The van der Waals surface area contributed by atoms with Crippen molar-refractivity contribution < 1.29 is 38.1 Å². The van der Waals surface area contributed by atoms with E-state index >= 15 is 0 Å². The molecule has 0 amide bonds. The molecule has 8 rings (SSSR count). The van der Waals surface area contributed by atoms with Crippen molar-refractivity contribution in [2.45, 2.75) is 118 Å². The van der Waals surface area contributed by atoms with E-state index in [-0.39, 0.29) is 86.0 Å². The van der Waals surface area contributed by atoms with Crippen molar-refractivity contribution in [3.8, 4) is 45.3 Å². The molecule has 0 aromatic heterocycles. The third kappa shape index (κ3) is 11.6. The lowest BCUT2D eigenvalue weighted by Gasteiger charge is -2.38. The minimum Gasteiger partial charge on any atom is -0.422 e. The SMILES string of the molecule is CC(C)C(=O)Oc1c(OC(=O)CCCN=[N+]=[N-])ccc2c1-c1cccc3c1[C@@H](C2)C(C)CC3.CC(C)C(=O)Oc1ccc2c(c1OC(=O)CCCN=[N+]=[N-])-c1cccc3c1[C@@H](C2)C(C)CC3.Cl.Cl. The fourth-order valence-electron chi connectivity index (χ4n) is 9.76. The first kappa shape index (κ1) is 52.9. The first-order valence-electron chi connectivity index (χ1n) is 23.2. The zero-order chi connectivity index (χ0) is 47.1. The summed E-state index contributed by atoms with van der Waals surface area (Å²) in [5, 5.41) is 6.92. The summed E-state index contributed by atoms with van der Waals surface area (Å²) in [7, 11) is 0. The summed E-state index contributed by atoms with van der Waals surface area (Å²) >= 11 is 0. The summed E-state index contributed by atoms with van der Waals surface area (Å²) in [5.41, 5.74) is 28.2. The Labute approximate surface area is 409 Å². The van der Waals surface area contributed by atoms with Crippen molar-refractivity contribution in [3.63, 3.8) is 0 Å². The zero-order valence-electron chi connectivity index (χ0n) is 39.5. The largest absolute Gasteiger partial charge is 0.422 e. The van der Waals surface area contributed by atoms with Crippen LogP contribution in [0, 0.1) is 23.7 Å². The number of rotatable bonds is 14. The van der Waals surface area contributed by atoms with Gasteiger partial charge in [-0.15, -0.1) is 24.8 Å². The number of halogens is 2. The van der Waals surface area contributed by atoms with Gasteiger partial charge in [0.15, 0.2) is 23.0 Å². The van der Waals surface area contributed by atoms with E-state index in [1.165, 1.54) is 22.3 Å². The molecule has 4 aliphatic carbocycles. The summed E-state index contributed by atoms with van der Waals surface area (Å²) < 4.78 is 23.1. The third-order valence-electron chi connectivity index (χ3n) is 13.3. The van der Waals surface area contributed by atoms with Crippen LogP contribution in [0.4, 0.5) is 0 Å². The highest BCUT2D eigenvalue weighted by atomic mass is 35.5. The van der Waals surface area contributed by atoms with E-state index in [4.69, 9.17) is 30.0 Å². The van der Waals surface area contributed by atoms with Crippen molar-refractivity contribution in [2.24, 2.45) is 33.9 Å². The van der Waals surface area contributed by atoms with Gasteiger partial charge in [-0.25, -0.2) is 0 Å². The number of nitrogens with zero attached hydrogens (tertiary/aromatic N) is 6. The molecule has 360 valence electrons. The minimum absolute atomic E-state index is 0. The molecule has 4 atom stereocenters. The van der Waals surface area contributed by atoms with Crippen LogP contribution in [0.25, 0.3) is 43.1 Å². The van der Waals surface area contributed by atoms with Gasteiger partial charge in [0.25, 0.3) is 0 Å². The normalized spacial score (nSPS) is 17.5. The van der Waals surface area contributed by atoms with Crippen molar-refractivity contribution in [3.05, 3.63) is 115 Å². The molecular formula is C52H60Cl2N6O8. The van der Waals surface area contributed by atoms with Gasteiger partial charge in [-0.1, -0.05) is 100 Å². The number of hydrogen-bond donors (Lipinski definition) is 0. The van der Waals surface area contributed by atoms with E-state index in [0.717, 1.165) is 71.9 Å². The van der Waals surface area contributed by atoms with Crippen molar-refractivity contribution in [2.75, 3.05) is 13.1 Å². The van der Waals surface area contributed by atoms with Crippen molar-refractivity contribution >= 4 is 48.7 Å². The molecule has 0 bridgehead atoms. The average Bonchev–Trinajstić information content (AvgIpc) is 3.30. The van der Waals surface area contributed by atoms with Gasteiger partial charge in [0.2, 0.25) is 0 Å². The van der Waals surface area contributed by atoms with Gasteiger partial charge in [0.05, 0.1) is 11.8 Å². The number of azide groups is 2. The zero-order valence-corrected chi connectivity index (χ0v) is 41.1. The molecule has 0 heterocycles. The van der Waals surface area contributed by atoms with Crippen LogP contribution in [-0.4, -0.2) is 37.0 Å². The summed E-state index contributed by atoms with van der Waals surface area (Å²) in [5.74, 6) is 0.830. The molecule has 16 heteroatoms. The maximum Gasteiger partial charge on any atom is 0.313 e. The third-order valence-corrected chi connectivity index (χ3v) is 13.3. The highest BCUT2D eigenvalue weighted by molar-refractivity contribution is 5.89. The topological polar surface area (TPSA) is 203 Å². The first-order chi connectivity index (χ1) is 31.8. The minimum atomic E-state index is -0.456. The number of benzene rings is 4. The van der Waals surface area contributed by atoms with Gasteiger partial charge < -0.3 is 18.9 Å². The van der Waals surface area contributed by atoms with Gasteiger partial charge in [-0.3, -0.25) is 19.2 Å². The molecule has 0 saturated carbocycles. The molecule has 4 aromatic rings. The van der Waals surface area contributed by atoms with E-state index in [1.54, 1.807) is 39.8 Å².